The molecule has 0 radical (unpaired) electrons. The van der Waals surface area contributed by atoms with E-state index in [0.29, 0.717) is 5.41 Å². The van der Waals surface area contributed by atoms with E-state index in [-0.39, 0.29) is 11.2 Å². The zero-order chi connectivity index (χ0) is 17.5. The summed E-state index contributed by atoms with van der Waals surface area (Å²) in [7, 11) is 0. The van der Waals surface area contributed by atoms with Crippen LogP contribution >= 0.6 is 0 Å². The van der Waals surface area contributed by atoms with Gasteiger partial charge in [-0.25, -0.2) is 0 Å². The topological polar surface area (TPSA) is 38.7 Å². The van der Waals surface area contributed by atoms with Gasteiger partial charge in [-0.1, -0.05) is 25.5 Å². The van der Waals surface area contributed by atoms with Crippen molar-refractivity contribution in [1.29, 1.82) is 0 Å². The van der Waals surface area contributed by atoms with Crippen molar-refractivity contribution in [2.24, 2.45) is 28.6 Å². The molecule has 0 aromatic heterocycles. The maximum Gasteiger partial charge on any atom is 0.174 e. The molecule has 0 aromatic carbocycles. The Bertz CT molecular complexity index is 602. The largest absolute Gasteiger partial charge is 0.390 e. The van der Waals surface area contributed by atoms with E-state index < -0.39 is 5.60 Å². The fraction of sp³-hybridized carbons (Fsp3) is 0.909. The Morgan fingerprint density at radius 1 is 0.960 bits per heavy atom. The van der Waals surface area contributed by atoms with Gasteiger partial charge >= 0.3 is 0 Å². The number of ether oxygens (including phenoxy) is 2. The molecule has 3 saturated carbocycles. The summed E-state index contributed by atoms with van der Waals surface area (Å²) in [5.74, 6) is 1.98. The Labute approximate surface area is 152 Å². The monoisotopic (exact) mass is 346 g/mol. The summed E-state index contributed by atoms with van der Waals surface area (Å²) in [6, 6.07) is 0. The van der Waals surface area contributed by atoms with Gasteiger partial charge in [-0.2, -0.15) is 0 Å². The first-order valence-corrected chi connectivity index (χ1v) is 10.5. The van der Waals surface area contributed by atoms with Gasteiger partial charge in [0.05, 0.1) is 18.8 Å². The van der Waals surface area contributed by atoms with E-state index in [1.165, 1.54) is 25.7 Å². The van der Waals surface area contributed by atoms with Crippen LogP contribution in [0.1, 0.15) is 72.1 Å². The minimum absolute atomic E-state index is 0.187. The van der Waals surface area contributed by atoms with Crippen LogP contribution in [0.15, 0.2) is 11.6 Å². The second-order valence-corrected chi connectivity index (χ2v) is 10.4. The van der Waals surface area contributed by atoms with Gasteiger partial charge in [-0.15, -0.1) is 0 Å². The van der Waals surface area contributed by atoms with E-state index in [1.807, 2.05) is 6.92 Å². The molecule has 5 aliphatic rings. The molecule has 0 amide bonds. The van der Waals surface area contributed by atoms with E-state index in [2.05, 4.69) is 19.9 Å². The Kier molecular flexibility index (Phi) is 3.43. The van der Waals surface area contributed by atoms with Gasteiger partial charge in [0.2, 0.25) is 0 Å². The smallest absolute Gasteiger partial charge is 0.174 e. The molecule has 1 aliphatic heterocycles. The molecule has 1 unspecified atom stereocenters. The molecule has 1 N–H and O–H groups in total. The van der Waals surface area contributed by atoms with Crippen LogP contribution in [0, 0.1) is 28.6 Å². The second-order valence-electron chi connectivity index (χ2n) is 10.4. The van der Waals surface area contributed by atoms with Crippen molar-refractivity contribution >= 4 is 0 Å². The van der Waals surface area contributed by atoms with Crippen LogP contribution in [-0.4, -0.2) is 29.7 Å². The maximum atomic E-state index is 10.6. The molecule has 25 heavy (non-hydrogen) atoms. The van der Waals surface area contributed by atoms with Gasteiger partial charge in [-0.05, 0) is 75.0 Å². The van der Waals surface area contributed by atoms with E-state index in [4.69, 9.17) is 9.47 Å². The van der Waals surface area contributed by atoms with E-state index in [9.17, 15) is 5.11 Å². The highest BCUT2D eigenvalue weighted by atomic mass is 16.7. The summed E-state index contributed by atoms with van der Waals surface area (Å²) in [5.41, 5.74) is 1.55. The predicted molar refractivity (Wildman–Crippen MR) is 97.0 cm³/mol. The zero-order valence-corrected chi connectivity index (χ0v) is 16.1. The van der Waals surface area contributed by atoms with E-state index >= 15 is 0 Å². The normalized spacial score (nSPS) is 53.9. The highest BCUT2D eigenvalue weighted by molar-refractivity contribution is 5.27. The Balaban J connectivity index is 1.48. The first kappa shape index (κ1) is 16.8. The third-order valence-electron chi connectivity index (χ3n) is 9.18. The average Bonchev–Trinajstić information content (AvgIpc) is 3.15. The van der Waals surface area contributed by atoms with E-state index in [0.717, 1.165) is 56.7 Å². The lowest BCUT2D eigenvalue weighted by molar-refractivity contribution is -0.242. The third kappa shape index (κ3) is 2.09. The lowest BCUT2D eigenvalue weighted by Crippen LogP contribution is -2.55. The Morgan fingerprint density at radius 2 is 1.68 bits per heavy atom. The van der Waals surface area contributed by atoms with Crippen LogP contribution in [0.3, 0.4) is 0 Å². The Hall–Kier alpha value is -0.380. The molecular weight excluding hydrogens is 312 g/mol. The molecule has 0 bridgehead atoms. The molecular formula is C22H34O3. The maximum absolute atomic E-state index is 10.6. The highest BCUT2D eigenvalue weighted by Gasteiger charge is 2.66. The second kappa shape index (κ2) is 5.11. The summed E-state index contributed by atoms with van der Waals surface area (Å²) < 4.78 is 12.5. The molecule has 3 heteroatoms. The standard InChI is InChI=1S/C22H34O3/c1-19(23)10-11-20(2)15(14-19)4-5-16-17(20)6-8-21(3)18(16)7-9-22(21)24-12-13-25-22/h4,16-18,23H,5-14H2,1-3H3/t16-,17+,18+,19?,20+,21+/m1/s1. The molecule has 1 spiro atoms. The number of rotatable bonds is 0. The number of aliphatic hydroxyl groups is 1. The van der Waals surface area contributed by atoms with Gasteiger partial charge in [0.25, 0.3) is 0 Å². The van der Waals surface area contributed by atoms with Crippen molar-refractivity contribution in [3.05, 3.63) is 11.6 Å². The van der Waals surface area contributed by atoms with Crippen molar-refractivity contribution in [3.8, 4) is 0 Å². The van der Waals surface area contributed by atoms with Crippen LogP contribution in [0.5, 0.6) is 0 Å². The lowest BCUT2D eigenvalue weighted by atomic mass is 9.47. The third-order valence-corrected chi connectivity index (χ3v) is 9.18. The van der Waals surface area contributed by atoms with Crippen molar-refractivity contribution in [3.63, 3.8) is 0 Å². The van der Waals surface area contributed by atoms with Crippen LogP contribution in [0.25, 0.3) is 0 Å². The van der Waals surface area contributed by atoms with Crippen molar-refractivity contribution in [2.75, 3.05) is 13.2 Å². The fourth-order valence-corrected chi connectivity index (χ4v) is 7.69. The SMILES string of the molecule is CC1(O)CC[C@@]2(C)C(=CC[C@@H]3[C@@H]2CC[C@@]2(C)[C@H]3CCC23OCCO3)C1. The number of fused-ring (bicyclic) bond motifs is 6. The zero-order valence-electron chi connectivity index (χ0n) is 16.1. The summed E-state index contributed by atoms with van der Waals surface area (Å²) in [4.78, 5) is 0. The molecule has 1 heterocycles. The molecule has 0 aromatic rings. The van der Waals surface area contributed by atoms with Crippen LogP contribution in [-0.2, 0) is 9.47 Å². The average molecular weight is 347 g/mol. The fourth-order valence-electron chi connectivity index (χ4n) is 7.69. The number of allylic oxidation sites excluding steroid dienone is 1. The van der Waals surface area contributed by atoms with Crippen molar-refractivity contribution < 1.29 is 14.6 Å². The molecule has 4 aliphatic carbocycles. The molecule has 1 saturated heterocycles. The number of hydrogen-bond donors (Lipinski definition) is 1. The van der Waals surface area contributed by atoms with Gasteiger partial charge < -0.3 is 14.6 Å². The lowest BCUT2D eigenvalue weighted by Gasteiger charge is -2.59. The van der Waals surface area contributed by atoms with Crippen molar-refractivity contribution in [1.82, 2.24) is 0 Å². The van der Waals surface area contributed by atoms with Gasteiger partial charge in [0.15, 0.2) is 5.79 Å². The van der Waals surface area contributed by atoms with Gasteiger partial charge in [-0.3, -0.25) is 0 Å². The summed E-state index contributed by atoms with van der Waals surface area (Å²) >= 11 is 0. The predicted octanol–water partition coefficient (Wildman–Crippen LogP) is 4.44. The minimum atomic E-state index is -0.496. The number of hydrogen-bond acceptors (Lipinski definition) is 3. The Morgan fingerprint density at radius 3 is 2.44 bits per heavy atom. The quantitative estimate of drug-likeness (QED) is 0.659. The minimum Gasteiger partial charge on any atom is -0.390 e. The summed E-state index contributed by atoms with van der Waals surface area (Å²) in [5, 5.41) is 10.6. The first-order chi connectivity index (χ1) is 11.8. The van der Waals surface area contributed by atoms with E-state index in [1.54, 1.807) is 5.57 Å². The highest BCUT2D eigenvalue weighted by Crippen LogP contribution is 2.68. The van der Waals surface area contributed by atoms with Crippen LogP contribution in [0.4, 0.5) is 0 Å². The molecule has 6 atom stereocenters. The van der Waals surface area contributed by atoms with Gasteiger partial charge in [0, 0.05) is 11.8 Å². The molecule has 140 valence electrons. The molecule has 4 fully saturated rings. The van der Waals surface area contributed by atoms with Gasteiger partial charge in [0.1, 0.15) is 0 Å². The summed E-state index contributed by atoms with van der Waals surface area (Å²) in [6.07, 6.45) is 11.6. The van der Waals surface area contributed by atoms with Crippen molar-refractivity contribution in [2.45, 2.75) is 83.5 Å². The molecule has 5 rings (SSSR count). The molecule has 3 nitrogen and oxygen atoms in total. The first-order valence-electron chi connectivity index (χ1n) is 10.5. The van der Waals surface area contributed by atoms with Crippen LogP contribution in [0.2, 0.25) is 0 Å². The van der Waals surface area contributed by atoms with Crippen LogP contribution < -0.4 is 0 Å². The summed E-state index contributed by atoms with van der Waals surface area (Å²) in [6.45, 7) is 8.52.